The van der Waals surface area contributed by atoms with Crippen LogP contribution in [0.25, 0.3) is 0 Å². The third-order valence-electron chi connectivity index (χ3n) is 3.06. The average molecular weight is 193 g/mol. The van der Waals surface area contributed by atoms with Crippen molar-refractivity contribution >= 4 is 0 Å². The van der Waals surface area contributed by atoms with E-state index in [0.717, 1.165) is 19.4 Å². The fourth-order valence-corrected chi connectivity index (χ4v) is 2.07. The van der Waals surface area contributed by atoms with Crippen molar-refractivity contribution in [3.05, 3.63) is 17.5 Å². The molecule has 0 amide bonds. The fraction of sp³-hybridized carbons (Fsp3) is 0.727. The van der Waals surface area contributed by atoms with Crippen molar-refractivity contribution in [3.8, 4) is 0 Å². The summed E-state index contributed by atoms with van der Waals surface area (Å²) in [6.07, 6.45) is 5.63. The summed E-state index contributed by atoms with van der Waals surface area (Å²) in [5.74, 6) is 0.673. The first kappa shape index (κ1) is 9.71. The number of nitrogens with zero attached hydrogens (tertiary/aromatic N) is 2. The van der Waals surface area contributed by atoms with E-state index in [-0.39, 0.29) is 0 Å². The van der Waals surface area contributed by atoms with Crippen molar-refractivity contribution < 1.29 is 0 Å². The summed E-state index contributed by atoms with van der Waals surface area (Å²) in [4.78, 5) is 0. The van der Waals surface area contributed by atoms with Crippen molar-refractivity contribution in [1.29, 1.82) is 0 Å². The molecule has 0 aromatic carbocycles. The first-order valence-corrected chi connectivity index (χ1v) is 5.47. The Morgan fingerprint density at radius 2 is 2.43 bits per heavy atom. The lowest BCUT2D eigenvalue weighted by Crippen LogP contribution is -2.21. The van der Waals surface area contributed by atoms with E-state index in [9.17, 15) is 0 Å². The highest BCUT2D eigenvalue weighted by Gasteiger charge is 2.20. The van der Waals surface area contributed by atoms with Gasteiger partial charge in [0.2, 0.25) is 0 Å². The van der Waals surface area contributed by atoms with Crippen LogP contribution in [-0.4, -0.2) is 16.3 Å². The van der Waals surface area contributed by atoms with E-state index in [1.165, 1.54) is 17.7 Å². The largest absolute Gasteiger partial charge is 0.330 e. The molecule has 1 unspecified atom stereocenters. The molecule has 1 atom stereocenters. The summed E-state index contributed by atoms with van der Waals surface area (Å²) in [6, 6.07) is 0.469. The molecule has 0 aliphatic heterocycles. The number of nitrogens with two attached hydrogens (primary N) is 1. The van der Waals surface area contributed by atoms with Crippen molar-refractivity contribution in [2.75, 3.05) is 6.54 Å². The predicted octanol–water partition coefficient (Wildman–Crippen LogP) is 1.53. The van der Waals surface area contributed by atoms with Crippen LogP contribution in [0.5, 0.6) is 0 Å². The zero-order valence-corrected chi connectivity index (χ0v) is 9.03. The molecule has 2 rings (SSSR count). The fourth-order valence-electron chi connectivity index (χ4n) is 2.07. The Balaban J connectivity index is 2.21. The maximum Gasteiger partial charge on any atom is 0.0656 e. The van der Waals surface area contributed by atoms with Gasteiger partial charge in [-0.15, -0.1) is 0 Å². The van der Waals surface area contributed by atoms with Crippen LogP contribution >= 0.6 is 0 Å². The SMILES string of the molecule is CC(C)n1cc2c(n1)CCC(CN)C2. The van der Waals surface area contributed by atoms with Crippen LogP contribution in [-0.2, 0) is 12.8 Å². The highest BCUT2D eigenvalue weighted by molar-refractivity contribution is 5.21. The topological polar surface area (TPSA) is 43.8 Å². The van der Waals surface area contributed by atoms with Gasteiger partial charge in [0.15, 0.2) is 0 Å². The van der Waals surface area contributed by atoms with Gasteiger partial charge >= 0.3 is 0 Å². The number of rotatable bonds is 2. The molecular weight excluding hydrogens is 174 g/mol. The molecular formula is C11H19N3. The molecule has 14 heavy (non-hydrogen) atoms. The van der Waals surface area contributed by atoms with Gasteiger partial charge in [-0.2, -0.15) is 5.10 Å². The smallest absolute Gasteiger partial charge is 0.0656 e. The van der Waals surface area contributed by atoms with Gasteiger partial charge in [0, 0.05) is 12.2 Å². The number of aromatic nitrogens is 2. The molecule has 1 aliphatic carbocycles. The highest BCUT2D eigenvalue weighted by Crippen LogP contribution is 2.24. The average Bonchev–Trinajstić information content (AvgIpc) is 2.59. The van der Waals surface area contributed by atoms with Gasteiger partial charge in [0.1, 0.15) is 0 Å². The highest BCUT2D eigenvalue weighted by atomic mass is 15.3. The van der Waals surface area contributed by atoms with Gasteiger partial charge < -0.3 is 5.73 Å². The minimum absolute atomic E-state index is 0.469. The Morgan fingerprint density at radius 1 is 1.64 bits per heavy atom. The number of aryl methyl sites for hydroxylation is 1. The lowest BCUT2D eigenvalue weighted by molar-refractivity contribution is 0.464. The van der Waals surface area contributed by atoms with Crippen LogP contribution in [0.1, 0.15) is 37.6 Å². The number of hydrogen-bond acceptors (Lipinski definition) is 2. The van der Waals surface area contributed by atoms with E-state index >= 15 is 0 Å². The Labute approximate surface area is 85.3 Å². The quantitative estimate of drug-likeness (QED) is 0.774. The van der Waals surface area contributed by atoms with Crippen LogP contribution < -0.4 is 5.73 Å². The van der Waals surface area contributed by atoms with E-state index in [0.29, 0.717) is 12.0 Å². The molecule has 1 heterocycles. The normalized spacial score (nSPS) is 21.3. The van der Waals surface area contributed by atoms with Gasteiger partial charge in [-0.1, -0.05) is 0 Å². The van der Waals surface area contributed by atoms with Crippen molar-refractivity contribution in [1.82, 2.24) is 9.78 Å². The third-order valence-corrected chi connectivity index (χ3v) is 3.06. The van der Waals surface area contributed by atoms with E-state index < -0.39 is 0 Å². The van der Waals surface area contributed by atoms with Gasteiger partial charge in [-0.05, 0) is 51.1 Å². The van der Waals surface area contributed by atoms with Gasteiger partial charge in [-0.25, -0.2) is 0 Å². The monoisotopic (exact) mass is 193 g/mol. The molecule has 1 aromatic rings. The first-order valence-electron chi connectivity index (χ1n) is 5.47. The zero-order valence-electron chi connectivity index (χ0n) is 9.03. The Morgan fingerprint density at radius 3 is 3.07 bits per heavy atom. The maximum atomic E-state index is 5.70. The van der Waals surface area contributed by atoms with Gasteiger partial charge in [0.05, 0.1) is 5.69 Å². The van der Waals surface area contributed by atoms with E-state index in [1.807, 2.05) is 0 Å². The van der Waals surface area contributed by atoms with Crippen LogP contribution in [0, 0.1) is 5.92 Å². The maximum absolute atomic E-state index is 5.70. The molecule has 0 fully saturated rings. The molecule has 1 aromatic heterocycles. The van der Waals surface area contributed by atoms with Crippen molar-refractivity contribution in [3.63, 3.8) is 0 Å². The Bertz CT molecular complexity index is 314. The second kappa shape index (κ2) is 3.73. The van der Waals surface area contributed by atoms with Crippen molar-refractivity contribution in [2.24, 2.45) is 11.7 Å². The Hall–Kier alpha value is -0.830. The number of hydrogen-bond donors (Lipinski definition) is 1. The molecule has 0 bridgehead atoms. The standard InChI is InChI=1S/C11H19N3/c1-8(2)14-7-10-5-9(6-12)3-4-11(10)13-14/h7-9H,3-6,12H2,1-2H3. The minimum Gasteiger partial charge on any atom is -0.330 e. The molecule has 3 heteroatoms. The summed E-state index contributed by atoms with van der Waals surface area (Å²) in [6.45, 7) is 5.14. The van der Waals surface area contributed by atoms with Gasteiger partial charge in [-0.3, -0.25) is 4.68 Å². The second-order valence-electron chi connectivity index (χ2n) is 4.52. The first-order chi connectivity index (χ1) is 6.70. The summed E-state index contributed by atoms with van der Waals surface area (Å²) in [5, 5.41) is 4.59. The molecule has 3 nitrogen and oxygen atoms in total. The molecule has 0 radical (unpaired) electrons. The van der Waals surface area contributed by atoms with E-state index in [4.69, 9.17) is 5.73 Å². The van der Waals surface area contributed by atoms with Crippen molar-refractivity contribution in [2.45, 2.75) is 39.2 Å². The summed E-state index contributed by atoms with van der Waals surface area (Å²) >= 11 is 0. The lowest BCUT2D eigenvalue weighted by Gasteiger charge is -2.18. The third kappa shape index (κ3) is 1.69. The van der Waals surface area contributed by atoms with Crippen LogP contribution in [0.3, 0.4) is 0 Å². The van der Waals surface area contributed by atoms with Gasteiger partial charge in [0.25, 0.3) is 0 Å². The summed E-state index contributed by atoms with van der Waals surface area (Å²) < 4.78 is 2.07. The van der Waals surface area contributed by atoms with Crippen LogP contribution in [0.2, 0.25) is 0 Å². The molecule has 0 saturated heterocycles. The molecule has 2 N–H and O–H groups in total. The van der Waals surface area contributed by atoms with Crippen LogP contribution in [0.4, 0.5) is 0 Å². The molecule has 0 saturated carbocycles. The lowest BCUT2D eigenvalue weighted by atomic mass is 9.88. The summed E-state index contributed by atoms with van der Waals surface area (Å²) in [5.41, 5.74) is 8.41. The summed E-state index contributed by atoms with van der Waals surface area (Å²) in [7, 11) is 0. The molecule has 0 spiro atoms. The molecule has 78 valence electrons. The predicted molar refractivity (Wildman–Crippen MR) is 57.2 cm³/mol. The minimum atomic E-state index is 0.469. The second-order valence-corrected chi connectivity index (χ2v) is 4.52. The zero-order chi connectivity index (χ0) is 10.1. The van der Waals surface area contributed by atoms with E-state index in [1.54, 1.807) is 0 Å². The number of fused-ring (bicyclic) bond motifs is 1. The Kier molecular flexibility index (Phi) is 2.59. The molecule has 1 aliphatic rings. The van der Waals surface area contributed by atoms with E-state index in [2.05, 4.69) is 29.8 Å². The van der Waals surface area contributed by atoms with Crippen LogP contribution in [0.15, 0.2) is 6.20 Å².